The molecule has 0 spiro atoms. The zero-order valence-electron chi connectivity index (χ0n) is 29.5. The molecule has 12 heteroatoms. The number of thiazole rings is 1. The van der Waals surface area contributed by atoms with Gasteiger partial charge in [-0.05, 0) is 86.2 Å². The van der Waals surface area contributed by atoms with Gasteiger partial charge in [0.25, 0.3) is 0 Å². The summed E-state index contributed by atoms with van der Waals surface area (Å²) in [7, 11) is 0. The Bertz CT molecular complexity index is 2260. The van der Waals surface area contributed by atoms with Crippen LogP contribution in [-0.2, 0) is 29.2 Å². The second kappa shape index (κ2) is 13.2. The Labute approximate surface area is 305 Å². The monoisotopic (exact) mass is 716 g/mol. The molecule has 3 aromatic carbocycles. The van der Waals surface area contributed by atoms with Crippen molar-refractivity contribution in [2.45, 2.75) is 58.8 Å². The summed E-state index contributed by atoms with van der Waals surface area (Å²) in [5.74, 6) is -0.627. The number of carbonyl (C=O) groups excluding carboxylic acids is 1. The van der Waals surface area contributed by atoms with E-state index in [0.29, 0.717) is 81.2 Å². The van der Waals surface area contributed by atoms with Crippen LogP contribution in [0.15, 0.2) is 52.9 Å². The molecule has 2 aromatic heterocycles. The van der Waals surface area contributed by atoms with Crippen LogP contribution < -0.4 is 0 Å². The van der Waals surface area contributed by atoms with Crippen molar-refractivity contribution < 1.29 is 24.2 Å². The molecule has 52 heavy (non-hydrogen) atoms. The van der Waals surface area contributed by atoms with Crippen molar-refractivity contribution >= 4 is 34.3 Å². The second-order valence-electron chi connectivity index (χ2n) is 14.7. The predicted molar refractivity (Wildman–Crippen MR) is 197 cm³/mol. The van der Waals surface area contributed by atoms with Gasteiger partial charge in [-0.2, -0.15) is 5.26 Å². The Morgan fingerprint density at radius 2 is 1.75 bits per heavy atom. The number of benzene rings is 3. The number of carboxylic acid groups (broad SMARTS) is 1. The largest absolute Gasteiger partial charge is 0.481 e. The lowest BCUT2D eigenvalue weighted by atomic mass is 9.91. The quantitative estimate of drug-likeness (QED) is 0.197. The summed E-state index contributed by atoms with van der Waals surface area (Å²) in [6.07, 6.45) is 1.30. The standard InChI is InChI=1S/C40H40N6O5S/c1-23-28(6-4-8-30(23)37-42-32-15-25(14-27(16-41)36(32)51-37)17-44-12-10-26(18-44)39(48)49)29-7-5-9-31(24(29)2)38-43-33-19-46(20-34(33)52-38)35(47)21-45-13-11-40(3,50)22-45/h4-9,14-15,26,50H,10-13,17-22H2,1-3H3,(H,48,49)/t26-,40-/m1/s1. The number of nitriles is 1. The topological polar surface area (TPSA) is 147 Å². The van der Waals surface area contributed by atoms with Crippen LogP contribution in [0.5, 0.6) is 0 Å². The molecule has 3 aliphatic rings. The summed E-state index contributed by atoms with van der Waals surface area (Å²) in [4.78, 5) is 41.5. The van der Waals surface area contributed by atoms with Crippen molar-refractivity contribution in [2.24, 2.45) is 5.92 Å². The van der Waals surface area contributed by atoms with E-state index in [-0.39, 0.29) is 11.8 Å². The Morgan fingerprint density at radius 1 is 1.02 bits per heavy atom. The van der Waals surface area contributed by atoms with Gasteiger partial charge in [-0.25, -0.2) is 9.97 Å². The molecule has 0 saturated carbocycles. The first kappa shape index (κ1) is 34.2. The smallest absolute Gasteiger partial charge is 0.307 e. The molecule has 0 radical (unpaired) electrons. The van der Waals surface area contributed by atoms with E-state index < -0.39 is 11.6 Å². The van der Waals surface area contributed by atoms with Crippen LogP contribution in [0.25, 0.3) is 44.3 Å². The first-order valence-electron chi connectivity index (χ1n) is 17.7. The fourth-order valence-corrected chi connectivity index (χ4v) is 9.10. The Kier molecular flexibility index (Phi) is 8.70. The van der Waals surface area contributed by atoms with Crippen molar-refractivity contribution in [3.05, 3.63) is 81.4 Å². The molecule has 1 amide bonds. The normalized spacial score (nSPS) is 20.5. The van der Waals surface area contributed by atoms with Gasteiger partial charge in [0.15, 0.2) is 5.58 Å². The molecule has 2 saturated heterocycles. The molecule has 11 nitrogen and oxygen atoms in total. The van der Waals surface area contributed by atoms with E-state index in [1.54, 1.807) is 11.3 Å². The number of aromatic nitrogens is 2. The van der Waals surface area contributed by atoms with E-state index in [2.05, 4.69) is 49.1 Å². The van der Waals surface area contributed by atoms with Crippen molar-refractivity contribution in [1.29, 1.82) is 5.26 Å². The number of rotatable bonds is 8. The van der Waals surface area contributed by atoms with Gasteiger partial charge in [0, 0.05) is 42.2 Å². The van der Waals surface area contributed by atoms with E-state index in [1.165, 1.54) is 0 Å². The highest BCUT2D eigenvalue weighted by atomic mass is 32.1. The van der Waals surface area contributed by atoms with Gasteiger partial charge in [-0.15, -0.1) is 11.3 Å². The van der Waals surface area contributed by atoms with E-state index in [9.17, 15) is 25.1 Å². The van der Waals surface area contributed by atoms with E-state index in [4.69, 9.17) is 14.4 Å². The first-order valence-corrected chi connectivity index (χ1v) is 18.5. The van der Waals surface area contributed by atoms with E-state index >= 15 is 0 Å². The Morgan fingerprint density at radius 3 is 2.42 bits per heavy atom. The summed E-state index contributed by atoms with van der Waals surface area (Å²) in [6, 6.07) is 18.3. The summed E-state index contributed by atoms with van der Waals surface area (Å²) in [5.41, 5.74) is 8.68. The average Bonchev–Trinajstić information content (AvgIpc) is 3.94. The minimum absolute atomic E-state index is 0.0685. The molecule has 2 fully saturated rings. The fraction of sp³-hybridized carbons (Fsp3) is 0.375. The number of nitrogens with zero attached hydrogens (tertiary/aromatic N) is 6. The maximum absolute atomic E-state index is 13.1. The predicted octanol–water partition coefficient (Wildman–Crippen LogP) is 5.98. The number of aliphatic hydroxyl groups is 1. The molecule has 0 unspecified atom stereocenters. The fourth-order valence-electron chi connectivity index (χ4n) is 7.93. The van der Waals surface area contributed by atoms with Crippen LogP contribution >= 0.6 is 11.3 Å². The molecule has 8 rings (SSSR count). The number of carbonyl (C=O) groups is 2. The number of hydrogen-bond acceptors (Lipinski definition) is 10. The maximum atomic E-state index is 13.1. The number of amides is 1. The van der Waals surface area contributed by atoms with Crippen molar-refractivity contribution in [3.63, 3.8) is 0 Å². The van der Waals surface area contributed by atoms with Gasteiger partial charge in [0.05, 0.1) is 42.4 Å². The van der Waals surface area contributed by atoms with Gasteiger partial charge >= 0.3 is 5.97 Å². The summed E-state index contributed by atoms with van der Waals surface area (Å²) in [6.45, 7) is 10.3. The minimum atomic E-state index is -0.769. The third-order valence-corrected chi connectivity index (χ3v) is 11.9. The summed E-state index contributed by atoms with van der Waals surface area (Å²) >= 11 is 1.64. The minimum Gasteiger partial charge on any atom is -0.481 e. The molecule has 2 N–H and O–H groups in total. The lowest BCUT2D eigenvalue weighted by Gasteiger charge is -2.22. The molecule has 266 valence electrons. The molecular weight excluding hydrogens is 677 g/mol. The highest BCUT2D eigenvalue weighted by Crippen LogP contribution is 2.40. The Balaban J connectivity index is 1.03. The van der Waals surface area contributed by atoms with Crippen LogP contribution in [0.2, 0.25) is 0 Å². The molecule has 3 aliphatic heterocycles. The van der Waals surface area contributed by atoms with Gasteiger partial charge in [-0.3, -0.25) is 19.4 Å². The first-order chi connectivity index (χ1) is 25.0. The van der Waals surface area contributed by atoms with Crippen molar-refractivity contribution in [1.82, 2.24) is 24.7 Å². The molecule has 5 aromatic rings. The van der Waals surface area contributed by atoms with Crippen LogP contribution in [0.3, 0.4) is 0 Å². The zero-order valence-corrected chi connectivity index (χ0v) is 30.3. The van der Waals surface area contributed by atoms with Crippen LogP contribution in [0, 0.1) is 31.1 Å². The molecular formula is C40H40N6O5S. The van der Waals surface area contributed by atoms with Gasteiger partial charge < -0.3 is 19.5 Å². The van der Waals surface area contributed by atoms with Crippen molar-refractivity contribution in [2.75, 3.05) is 32.7 Å². The average molecular weight is 717 g/mol. The number of fused-ring (bicyclic) bond motifs is 2. The van der Waals surface area contributed by atoms with E-state index in [1.807, 2.05) is 41.0 Å². The van der Waals surface area contributed by atoms with Gasteiger partial charge in [0.2, 0.25) is 11.8 Å². The second-order valence-corrected chi connectivity index (χ2v) is 15.8. The number of oxazole rings is 1. The summed E-state index contributed by atoms with van der Waals surface area (Å²) < 4.78 is 6.28. The summed E-state index contributed by atoms with van der Waals surface area (Å²) in [5, 5.41) is 30.6. The van der Waals surface area contributed by atoms with Gasteiger partial charge in [0.1, 0.15) is 16.6 Å². The molecule has 0 bridgehead atoms. The van der Waals surface area contributed by atoms with Gasteiger partial charge in [-0.1, -0.05) is 30.3 Å². The highest BCUT2D eigenvalue weighted by molar-refractivity contribution is 7.15. The number of carboxylic acids is 1. The lowest BCUT2D eigenvalue weighted by molar-refractivity contribution is -0.141. The maximum Gasteiger partial charge on any atom is 0.307 e. The third-order valence-electron chi connectivity index (χ3n) is 10.8. The van der Waals surface area contributed by atoms with Crippen LogP contribution in [0.1, 0.15) is 52.6 Å². The Hall–Kier alpha value is -4.93. The molecule has 5 heterocycles. The number of aliphatic carboxylic acids is 1. The van der Waals surface area contributed by atoms with Crippen LogP contribution in [0.4, 0.5) is 0 Å². The lowest BCUT2D eigenvalue weighted by Crippen LogP contribution is -2.38. The van der Waals surface area contributed by atoms with E-state index in [0.717, 1.165) is 61.1 Å². The molecule has 0 aliphatic carbocycles. The number of likely N-dealkylation sites (tertiary alicyclic amines) is 2. The van der Waals surface area contributed by atoms with Crippen LogP contribution in [-0.4, -0.2) is 85.1 Å². The number of hydrogen-bond donors (Lipinski definition) is 2. The zero-order chi connectivity index (χ0) is 36.3. The number of β-amino-alcohol motifs (C(OH)–C–C–N with tert-alkyl or cyclic N) is 1. The van der Waals surface area contributed by atoms with Crippen molar-refractivity contribution in [3.8, 4) is 39.2 Å². The highest BCUT2D eigenvalue weighted by Gasteiger charge is 2.35. The third kappa shape index (κ3) is 6.39. The SMILES string of the molecule is Cc1c(-c2nc3cc(CN4CC[C@@H](C(=O)O)C4)cc(C#N)c3o2)cccc1-c1cccc(-c2nc3c(s2)CN(C(=O)CN2CC[C@@](C)(O)C2)C3)c1C. The molecule has 2 atom stereocenters.